The van der Waals surface area contributed by atoms with Crippen LogP contribution < -0.4 is 10.6 Å². The molecule has 3 N–H and O–H groups in total. The number of nitrogens with zero attached hydrogens (tertiary/aromatic N) is 4. The maximum atomic E-state index is 11.8. The largest absolute Gasteiger partial charge is 0.480 e. The Labute approximate surface area is 128 Å². The summed E-state index contributed by atoms with van der Waals surface area (Å²) in [6.07, 6.45) is 1.38. The van der Waals surface area contributed by atoms with Gasteiger partial charge in [0, 0.05) is 32.1 Å². The van der Waals surface area contributed by atoms with Crippen molar-refractivity contribution in [3.8, 4) is 0 Å². The summed E-state index contributed by atoms with van der Waals surface area (Å²) in [5, 5.41) is 13.8. The van der Waals surface area contributed by atoms with Crippen LogP contribution in [0.1, 0.15) is 29.8 Å². The van der Waals surface area contributed by atoms with Crippen molar-refractivity contribution in [2.75, 3.05) is 24.7 Å². The highest BCUT2D eigenvalue weighted by atomic mass is 16.4. The third kappa shape index (κ3) is 2.28. The van der Waals surface area contributed by atoms with Crippen LogP contribution in [-0.4, -0.2) is 39.9 Å². The number of benzene rings is 1. The summed E-state index contributed by atoms with van der Waals surface area (Å²) in [7, 11) is 3.91. The van der Waals surface area contributed by atoms with E-state index in [4.69, 9.17) is 5.73 Å². The van der Waals surface area contributed by atoms with Crippen molar-refractivity contribution in [3.63, 3.8) is 0 Å². The third-order valence-corrected chi connectivity index (χ3v) is 4.11. The van der Waals surface area contributed by atoms with E-state index in [1.54, 1.807) is 0 Å². The minimum atomic E-state index is -0.913. The number of carbonyl (C=O) groups is 1. The fourth-order valence-corrected chi connectivity index (χ4v) is 3.19. The van der Waals surface area contributed by atoms with Crippen LogP contribution in [0.15, 0.2) is 24.3 Å². The number of nitrogens with two attached hydrogens (primary N) is 1. The van der Waals surface area contributed by atoms with Gasteiger partial charge in [0.25, 0.3) is 0 Å². The lowest BCUT2D eigenvalue weighted by atomic mass is 9.84. The number of rotatable bonds is 3. The highest BCUT2D eigenvalue weighted by Crippen LogP contribution is 2.41. The van der Waals surface area contributed by atoms with Gasteiger partial charge >= 0.3 is 5.97 Å². The molecule has 1 aliphatic heterocycles. The number of anilines is 2. The van der Waals surface area contributed by atoms with Gasteiger partial charge in [-0.3, -0.25) is 0 Å². The van der Waals surface area contributed by atoms with E-state index in [-0.39, 0.29) is 11.9 Å². The minimum Gasteiger partial charge on any atom is -0.480 e. The number of aryl methyl sites for hydroxylation is 1. The number of hydrogen-bond acceptors (Lipinski definition) is 5. The molecular weight excluding hydrogens is 282 g/mol. The number of para-hydroxylation sites is 1. The van der Waals surface area contributed by atoms with E-state index >= 15 is 0 Å². The average molecular weight is 301 g/mol. The Hall–Kier alpha value is -2.57. The normalized spacial score (nSPS) is 20.5. The van der Waals surface area contributed by atoms with Gasteiger partial charge < -0.3 is 15.7 Å². The number of nitrogen functional groups attached to an aromatic ring is 1. The summed E-state index contributed by atoms with van der Waals surface area (Å²) in [4.78, 5) is 18.0. The van der Waals surface area contributed by atoms with Crippen LogP contribution in [0.2, 0.25) is 0 Å². The highest BCUT2D eigenvalue weighted by Gasteiger charge is 2.38. The van der Waals surface area contributed by atoms with Gasteiger partial charge in [-0.1, -0.05) is 18.2 Å². The van der Waals surface area contributed by atoms with Crippen molar-refractivity contribution in [1.82, 2.24) is 14.8 Å². The van der Waals surface area contributed by atoms with Crippen LogP contribution in [0, 0.1) is 0 Å². The average Bonchev–Trinajstić information content (AvgIpc) is 2.85. The second kappa shape index (κ2) is 5.32. The van der Waals surface area contributed by atoms with Crippen molar-refractivity contribution in [2.45, 2.75) is 24.8 Å². The van der Waals surface area contributed by atoms with Crippen LogP contribution in [0.25, 0.3) is 0 Å². The van der Waals surface area contributed by atoms with Crippen LogP contribution in [-0.2, 0) is 11.2 Å². The molecule has 1 aromatic carbocycles. The van der Waals surface area contributed by atoms with Crippen molar-refractivity contribution in [2.24, 2.45) is 0 Å². The number of aromatic nitrogens is 3. The smallest absolute Gasteiger partial charge is 0.329 e. The Balaban J connectivity index is 2.10. The van der Waals surface area contributed by atoms with Gasteiger partial charge in [-0.05, 0) is 18.1 Å². The molecule has 0 bridgehead atoms. The molecule has 2 atom stereocenters. The van der Waals surface area contributed by atoms with Gasteiger partial charge in [0.15, 0.2) is 6.04 Å². The summed E-state index contributed by atoms with van der Waals surface area (Å²) in [6.45, 7) is 0. The zero-order valence-electron chi connectivity index (χ0n) is 12.6. The lowest BCUT2D eigenvalue weighted by molar-refractivity contribution is -0.142. The Bertz CT molecular complexity index is 710. The van der Waals surface area contributed by atoms with Crippen molar-refractivity contribution in [1.29, 1.82) is 0 Å². The van der Waals surface area contributed by atoms with Gasteiger partial charge in [-0.15, -0.1) is 5.10 Å². The first-order valence-electron chi connectivity index (χ1n) is 7.19. The molecule has 7 nitrogen and oxygen atoms in total. The zero-order chi connectivity index (χ0) is 15.9. The first-order valence-corrected chi connectivity index (χ1v) is 7.19. The number of carboxylic acid groups (broad SMARTS) is 1. The van der Waals surface area contributed by atoms with Crippen molar-refractivity contribution in [3.05, 3.63) is 35.7 Å². The standard InChI is InChI=1S/C15H19N5O2/c1-19(2)11-6-4-3-5-9(11)10-7-8-12-17-15(16)18-20(12)13(10)14(21)22/h3-6,10,13H,7-8H2,1-2H3,(H2,16,18)(H,21,22). The van der Waals surface area contributed by atoms with Gasteiger partial charge in [-0.25, -0.2) is 9.48 Å². The number of carboxylic acids is 1. The Morgan fingerprint density at radius 3 is 2.82 bits per heavy atom. The molecule has 0 radical (unpaired) electrons. The summed E-state index contributed by atoms with van der Waals surface area (Å²) in [6, 6.07) is 7.10. The van der Waals surface area contributed by atoms with E-state index in [9.17, 15) is 9.90 Å². The lowest BCUT2D eigenvalue weighted by Gasteiger charge is -2.32. The first kappa shape index (κ1) is 14.4. The molecule has 3 rings (SSSR count). The Morgan fingerprint density at radius 1 is 1.41 bits per heavy atom. The molecule has 2 heterocycles. The SMILES string of the molecule is CN(C)c1ccccc1C1CCc2nc(N)nn2C1C(=O)O. The van der Waals surface area contributed by atoms with E-state index in [2.05, 4.69) is 10.1 Å². The third-order valence-electron chi connectivity index (χ3n) is 4.11. The predicted octanol–water partition coefficient (Wildman–Crippen LogP) is 1.28. The zero-order valence-corrected chi connectivity index (χ0v) is 12.6. The predicted molar refractivity (Wildman–Crippen MR) is 82.9 cm³/mol. The monoisotopic (exact) mass is 301 g/mol. The van der Waals surface area contributed by atoms with Crippen molar-refractivity contribution >= 4 is 17.6 Å². The highest BCUT2D eigenvalue weighted by molar-refractivity contribution is 5.74. The summed E-state index contributed by atoms with van der Waals surface area (Å²) in [5.74, 6) is -0.305. The molecule has 1 aliphatic rings. The van der Waals surface area contributed by atoms with Gasteiger partial charge in [0.1, 0.15) is 5.82 Å². The van der Waals surface area contributed by atoms with Gasteiger partial charge in [0.2, 0.25) is 5.95 Å². The van der Waals surface area contributed by atoms with E-state index in [1.807, 2.05) is 43.3 Å². The first-order chi connectivity index (χ1) is 10.5. The molecule has 0 amide bonds. The number of hydrogen-bond donors (Lipinski definition) is 2. The molecular formula is C15H19N5O2. The fourth-order valence-electron chi connectivity index (χ4n) is 3.19. The van der Waals surface area contributed by atoms with Crippen molar-refractivity contribution < 1.29 is 9.90 Å². The molecule has 0 saturated carbocycles. The minimum absolute atomic E-state index is 0.128. The molecule has 0 spiro atoms. The fraction of sp³-hybridized carbons (Fsp3) is 0.400. The molecule has 22 heavy (non-hydrogen) atoms. The topological polar surface area (TPSA) is 97.3 Å². The Kier molecular flexibility index (Phi) is 3.48. The van der Waals surface area contributed by atoms with Crippen LogP contribution in [0.4, 0.5) is 11.6 Å². The summed E-state index contributed by atoms with van der Waals surface area (Å²) < 4.78 is 1.47. The molecule has 7 heteroatoms. The van der Waals surface area contributed by atoms with E-state index < -0.39 is 12.0 Å². The van der Waals surface area contributed by atoms with Crippen LogP contribution >= 0.6 is 0 Å². The molecule has 0 saturated heterocycles. The quantitative estimate of drug-likeness (QED) is 0.886. The summed E-state index contributed by atoms with van der Waals surface area (Å²) >= 11 is 0. The Morgan fingerprint density at radius 2 is 2.14 bits per heavy atom. The lowest BCUT2D eigenvalue weighted by Crippen LogP contribution is -2.33. The molecule has 2 aromatic rings. The van der Waals surface area contributed by atoms with Gasteiger partial charge in [-0.2, -0.15) is 4.98 Å². The maximum Gasteiger partial charge on any atom is 0.329 e. The van der Waals surface area contributed by atoms with Crippen LogP contribution in [0.3, 0.4) is 0 Å². The molecule has 116 valence electrons. The second-order valence-electron chi connectivity index (χ2n) is 5.71. The van der Waals surface area contributed by atoms with Crippen LogP contribution in [0.5, 0.6) is 0 Å². The molecule has 0 aliphatic carbocycles. The molecule has 1 aromatic heterocycles. The van der Waals surface area contributed by atoms with Gasteiger partial charge in [0.05, 0.1) is 0 Å². The summed E-state index contributed by atoms with van der Waals surface area (Å²) in [5.41, 5.74) is 7.68. The second-order valence-corrected chi connectivity index (χ2v) is 5.71. The van der Waals surface area contributed by atoms with E-state index in [0.29, 0.717) is 18.7 Å². The molecule has 0 fully saturated rings. The van der Waals surface area contributed by atoms with E-state index in [0.717, 1.165) is 11.3 Å². The number of fused-ring (bicyclic) bond motifs is 1. The maximum absolute atomic E-state index is 11.8. The molecule has 2 unspecified atom stereocenters. The van der Waals surface area contributed by atoms with E-state index in [1.165, 1.54) is 4.68 Å². The number of aliphatic carboxylic acids is 1.